The van der Waals surface area contributed by atoms with Crippen molar-refractivity contribution < 1.29 is 4.74 Å². The van der Waals surface area contributed by atoms with E-state index in [1.807, 2.05) is 0 Å². The molecule has 0 saturated heterocycles. The van der Waals surface area contributed by atoms with Crippen LogP contribution in [0.5, 0.6) is 0 Å². The van der Waals surface area contributed by atoms with Gasteiger partial charge in [0.1, 0.15) is 0 Å². The largest absolute Gasteiger partial charge is 0.379 e. The smallest absolute Gasteiger partial charge is 0.0785 e. The van der Waals surface area contributed by atoms with Gasteiger partial charge in [0, 0.05) is 13.2 Å². The van der Waals surface area contributed by atoms with Crippen molar-refractivity contribution in [1.29, 1.82) is 0 Å². The van der Waals surface area contributed by atoms with Gasteiger partial charge in [0.2, 0.25) is 0 Å². The van der Waals surface area contributed by atoms with Crippen molar-refractivity contribution in [3.05, 3.63) is 0 Å². The summed E-state index contributed by atoms with van der Waals surface area (Å²) in [5, 5.41) is 0. The first-order valence-corrected chi connectivity index (χ1v) is 5.85. The van der Waals surface area contributed by atoms with E-state index in [2.05, 4.69) is 40.0 Å². The van der Waals surface area contributed by atoms with Crippen molar-refractivity contribution in [2.24, 2.45) is 17.2 Å². The second-order valence-corrected chi connectivity index (χ2v) is 5.54. The maximum Gasteiger partial charge on any atom is 0.0785 e. The molecule has 3 N–H and O–H groups in total. The van der Waals surface area contributed by atoms with Crippen LogP contribution < -0.4 is 11.3 Å². The van der Waals surface area contributed by atoms with E-state index in [0.717, 1.165) is 6.42 Å². The molecule has 0 aromatic heterocycles. The summed E-state index contributed by atoms with van der Waals surface area (Å²) in [6.45, 7) is 11.0. The third-order valence-electron chi connectivity index (χ3n) is 3.04. The minimum Gasteiger partial charge on any atom is -0.379 e. The van der Waals surface area contributed by atoms with Gasteiger partial charge in [0.15, 0.2) is 0 Å². The van der Waals surface area contributed by atoms with Gasteiger partial charge in [-0.15, -0.1) is 0 Å². The lowest BCUT2D eigenvalue weighted by molar-refractivity contribution is -0.0165. The van der Waals surface area contributed by atoms with Crippen LogP contribution in [0, 0.1) is 11.3 Å². The molecule has 0 aliphatic carbocycles. The molecule has 0 spiro atoms. The second-order valence-electron chi connectivity index (χ2n) is 5.54. The standard InChI is InChI=1S/C12H28N2O/c1-7-9(2)8-10(14-13)11(15-6)12(3,4)5/h9-11,14H,7-8,13H2,1-6H3. The highest BCUT2D eigenvalue weighted by Gasteiger charge is 2.32. The lowest BCUT2D eigenvalue weighted by atomic mass is 9.81. The van der Waals surface area contributed by atoms with E-state index in [-0.39, 0.29) is 17.6 Å². The Morgan fingerprint density at radius 3 is 2.13 bits per heavy atom. The van der Waals surface area contributed by atoms with Crippen LogP contribution in [0.3, 0.4) is 0 Å². The van der Waals surface area contributed by atoms with Crippen LogP contribution in [0.1, 0.15) is 47.5 Å². The fourth-order valence-corrected chi connectivity index (χ4v) is 2.00. The Hall–Kier alpha value is -0.120. The van der Waals surface area contributed by atoms with Crippen LogP contribution in [0.4, 0.5) is 0 Å². The van der Waals surface area contributed by atoms with Crippen molar-refractivity contribution >= 4 is 0 Å². The van der Waals surface area contributed by atoms with E-state index in [1.54, 1.807) is 7.11 Å². The number of hydrogen-bond acceptors (Lipinski definition) is 3. The molecule has 0 bridgehead atoms. The molecule has 0 radical (unpaired) electrons. The van der Waals surface area contributed by atoms with E-state index in [9.17, 15) is 0 Å². The number of rotatable bonds is 6. The van der Waals surface area contributed by atoms with E-state index in [4.69, 9.17) is 10.6 Å². The van der Waals surface area contributed by atoms with Gasteiger partial charge in [-0.1, -0.05) is 41.0 Å². The van der Waals surface area contributed by atoms with E-state index < -0.39 is 0 Å². The van der Waals surface area contributed by atoms with Gasteiger partial charge in [-0.2, -0.15) is 0 Å². The topological polar surface area (TPSA) is 47.3 Å². The summed E-state index contributed by atoms with van der Waals surface area (Å²) in [5.74, 6) is 6.29. The molecule has 0 saturated carbocycles. The van der Waals surface area contributed by atoms with Crippen molar-refractivity contribution in [2.75, 3.05) is 7.11 Å². The summed E-state index contributed by atoms with van der Waals surface area (Å²) in [4.78, 5) is 0. The molecular formula is C12H28N2O. The number of nitrogens with one attached hydrogen (secondary N) is 1. The first-order valence-electron chi connectivity index (χ1n) is 5.85. The van der Waals surface area contributed by atoms with Crippen molar-refractivity contribution in [3.8, 4) is 0 Å². The number of hydrogen-bond donors (Lipinski definition) is 2. The zero-order chi connectivity index (χ0) is 12.1. The van der Waals surface area contributed by atoms with Crippen LogP contribution in [0.15, 0.2) is 0 Å². The normalized spacial score (nSPS) is 18.6. The highest BCUT2D eigenvalue weighted by atomic mass is 16.5. The highest BCUT2D eigenvalue weighted by molar-refractivity contribution is 4.85. The number of nitrogens with two attached hydrogens (primary N) is 1. The SMILES string of the molecule is CCC(C)CC(NN)C(OC)C(C)(C)C. The summed E-state index contributed by atoms with van der Waals surface area (Å²) < 4.78 is 5.57. The summed E-state index contributed by atoms with van der Waals surface area (Å²) in [5.41, 5.74) is 3.01. The van der Waals surface area contributed by atoms with Gasteiger partial charge in [0.25, 0.3) is 0 Å². The molecule has 0 amide bonds. The van der Waals surface area contributed by atoms with Gasteiger partial charge in [-0.05, 0) is 17.8 Å². The summed E-state index contributed by atoms with van der Waals surface area (Å²) in [6, 6.07) is 0.227. The molecule has 0 aromatic rings. The Morgan fingerprint density at radius 2 is 1.87 bits per heavy atom. The summed E-state index contributed by atoms with van der Waals surface area (Å²) in [6.07, 6.45) is 2.39. The van der Waals surface area contributed by atoms with Crippen LogP contribution in [0.2, 0.25) is 0 Å². The third-order valence-corrected chi connectivity index (χ3v) is 3.04. The Kier molecular flexibility index (Phi) is 6.41. The average molecular weight is 216 g/mol. The average Bonchev–Trinajstić information content (AvgIpc) is 2.14. The minimum atomic E-state index is 0.110. The first-order chi connectivity index (χ1) is 6.86. The van der Waals surface area contributed by atoms with Crippen LogP contribution >= 0.6 is 0 Å². The van der Waals surface area contributed by atoms with E-state index in [0.29, 0.717) is 5.92 Å². The van der Waals surface area contributed by atoms with Crippen LogP contribution in [0.25, 0.3) is 0 Å². The molecule has 3 atom stereocenters. The fraction of sp³-hybridized carbons (Fsp3) is 1.00. The summed E-state index contributed by atoms with van der Waals surface area (Å²) in [7, 11) is 1.76. The molecule has 0 aliphatic heterocycles. The number of hydrazine groups is 1. The van der Waals surface area contributed by atoms with Crippen molar-refractivity contribution in [3.63, 3.8) is 0 Å². The maximum absolute atomic E-state index is 5.62. The molecule has 0 aliphatic rings. The van der Waals surface area contributed by atoms with Crippen LogP contribution in [-0.4, -0.2) is 19.3 Å². The van der Waals surface area contributed by atoms with Crippen molar-refractivity contribution in [2.45, 2.75) is 59.6 Å². The molecule has 3 unspecified atom stereocenters. The fourth-order valence-electron chi connectivity index (χ4n) is 2.00. The number of methoxy groups -OCH3 is 1. The van der Waals surface area contributed by atoms with Gasteiger partial charge in [-0.25, -0.2) is 0 Å². The predicted octanol–water partition coefficient (Wildman–Crippen LogP) is 2.32. The third kappa shape index (κ3) is 4.96. The monoisotopic (exact) mass is 216 g/mol. The lowest BCUT2D eigenvalue weighted by Crippen LogP contribution is -2.51. The Bertz CT molecular complexity index is 165. The molecule has 92 valence electrons. The quantitative estimate of drug-likeness (QED) is 0.529. The summed E-state index contributed by atoms with van der Waals surface area (Å²) >= 11 is 0. The van der Waals surface area contributed by atoms with Gasteiger partial charge < -0.3 is 4.74 Å². The van der Waals surface area contributed by atoms with E-state index in [1.165, 1.54) is 6.42 Å². The molecule has 0 aromatic carbocycles. The molecule has 3 nitrogen and oxygen atoms in total. The van der Waals surface area contributed by atoms with Crippen LogP contribution in [-0.2, 0) is 4.74 Å². The van der Waals surface area contributed by atoms with Crippen molar-refractivity contribution in [1.82, 2.24) is 5.43 Å². The molecule has 0 fully saturated rings. The molecular weight excluding hydrogens is 188 g/mol. The minimum absolute atomic E-state index is 0.110. The predicted molar refractivity (Wildman–Crippen MR) is 65.4 cm³/mol. The Labute approximate surface area is 94.7 Å². The van der Waals surface area contributed by atoms with Gasteiger partial charge in [-0.3, -0.25) is 11.3 Å². The zero-order valence-corrected chi connectivity index (χ0v) is 11.1. The highest BCUT2D eigenvalue weighted by Crippen LogP contribution is 2.27. The Morgan fingerprint density at radius 1 is 1.33 bits per heavy atom. The molecule has 15 heavy (non-hydrogen) atoms. The van der Waals surface area contributed by atoms with Gasteiger partial charge in [0.05, 0.1) is 6.10 Å². The Balaban J connectivity index is 4.48. The van der Waals surface area contributed by atoms with Gasteiger partial charge >= 0.3 is 0 Å². The zero-order valence-electron chi connectivity index (χ0n) is 11.1. The molecule has 0 heterocycles. The second kappa shape index (κ2) is 6.46. The number of ether oxygens (including phenoxy) is 1. The molecule has 0 rings (SSSR count). The lowest BCUT2D eigenvalue weighted by Gasteiger charge is -2.36. The first kappa shape index (κ1) is 14.9. The van der Waals surface area contributed by atoms with E-state index >= 15 is 0 Å². The molecule has 3 heteroatoms. The maximum atomic E-state index is 5.62.